The average molecular weight is 330 g/mol. The van der Waals surface area contributed by atoms with Crippen LogP contribution in [0.25, 0.3) is 0 Å². The Bertz CT molecular complexity index is 750. The summed E-state index contributed by atoms with van der Waals surface area (Å²) in [4.78, 5) is 0.0592. The molecule has 0 atom stereocenters. The molecule has 0 saturated carbocycles. The molecule has 0 aliphatic rings. The highest BCUT2D eigenvalue weighted by molar-refractivity contribution is 7.89. The first-order valence-corrected chi connectivity index (χ1v) is 7.86. The molecule has 0 saturated heterocycles. The lowest BCUT2D eigenvalue weighted by Gasteiger charge is -2.08. The molecule has 21 heavy (non-hydrogen) atoms. The third-order valence-electron chi connectivity index (χ3n) is 2.79. The zero-order valence-corrected chi connectivity index (χ0v) is 12.7. The number of benzene rings is 2. The van der Waals surface area contributed by atoms with Crippen molar-refractivity contribution >= 4 is 21.6 Å². The fourth-order valence-corrected chi connectivity index (χ4v) is 3.03. The number of halogens is 2. The van der Waals surface area contributed by atoms with Crippen LogP contribution in [0.15, 0.2) is 47.4 Å². The highest BCUT2D eigenvalue weighted by Gasteiger charge is 2.14. The van der Waals surface area contributed by atoms with Crippen LogP contribution >= 0.6 is 11.6 Å². The number of methoxy groups -OCH3 is 1. The van der Waals surface area contributed by atoms with Crippen molar-refractivity contribution < 1.29 is 17.5 Å². The minimum atomic E-state index is -3.70. The maximum atomic E-state index is 13.5. The van der Waals surface area contributed by atoms with Crippen molar-refractivity contribution in [1.82, 2.24) is 4.72 Å². The highest BCUT2D eigenvalue weighted by atomic mass is 35.5. The first kappa shape index (κ1) is 15.8. The van der Waals surface area contributed by atoms with Gasteiger partial charge < -0.3 is 4.74 Å². The van der Waals surface area contributed by atoms with Gasteiger partial charge in [0.1, 0.15) is 0 Å². The first-order valence-electron chi connectivity index (χ1n) is 6.00. The molecule has 112 valence electrons. The van der Waals surface area contributed by atoms with Gasteiger partial charge in [0.25, 0.3) is 0 Å². The maximum absolute atomic E-state index is 13.5. The quantitative estimate of drug-likeness (QED) is 0.917. The van der Waals surface area contributed by atoms with Crippen LogP contribution in [0.4, 0.5) is 4.39 Å². The van der Waals surface area contributed by atoms with E-state index in [1.54, 1.807) is 18.2 Å². The van der Waals surface area contributed by atoms with Gasteiger partial charge in [0.2, 0.25) is 10.0 Å². The van der Waals surface area contributed by atoms with Crippen LogP contribution in [-0.2, 0) is 16.6 Å². The zero-order valence-electron chi connectivity index (χ0n) is 11.1. The van der Waals surface area contributed by atoms with Crippen LogP contribution in [0.2, 0.25) is 5.02 Å². The summed E-state index contributed by atoms with van der Waals surface area (Å²) in [6.07, 6.45) is 0. The van der Waals surface area contributed by atoms with Crippen molar-refractivity contribution in [3.63, 3.8) is 0 Å². The van der Waals surface area contributed by atoms with Crippen LogP contribution in [-0.4, -0.2) is 15.5 Å². The van der Waals surface area contributed by atoms with Gasteiger partial charge in [0, 0.05) is 11.6 Å². The number of hydrogen-bond donors (Lipinski definition) is 1. The Morgan fingerprint density at radius 1 is 1.24 bits per heavy atom. The van der Waals surface area contributed by atoms with Gasteiger partial charge in [-0.1, -0.05) is 23.7 Å². The van der Waals surface area contributed by atoms with E-state index < -0.39 is 15.8 Å². The Labute approximate surface area is 127 Å². The summed E-state index contributed by atoms with van der Waals surface area (Å²) < 4.78 is 44.9. The average Bonchev–Trinajstić information content (AvgIpc) is 2.45. The van der Waals surface area contributed by atoms with Gasteiger partial charge in [-0.3, -0.25) is 0 Å². The Morgan fingerprint density at radius 3 is 2.62 bits per heavy atom. The lowest BCUT2D eigenvalue weighted by Crippen LogP contribution is -2.23. The van der Waals surface area contributed by atoms with E-state index in [0.29, 0.717) is 10.6 Å². The van der Waals surface area contributed by atoms with E-state index in [1.165, 1.54) is 31.4 Å². The molecular weight excluding hydrogens is 317 g/mol. The van der Waals surface area contributed by atoms with Crippen molar-refractivity contribution in [2.75, 3.05) is 7.11 Å². The molecule has 2 rings (SSSR count). The molecule has 1 N–H and O–H groups in total. The van der Waals surface area contributed by atoms with Crippen LogP contribution in [0.5, 0.6) is 5.75 Å². The number of nitrogens with one attached hydrogen (secondary N) is 1. The summed E-state index contributed by atoms with van der Waals surface area (Å²) >= 11 is 5.77. The normalized spacial score (nSPS) is 11.4. The van der Waals surface area contributed by atoms with Gasteiger partial charge in [-0.25, -0.2) is 17.5 Å². The number of sulfonamides is 1. The molecule has 2 aromatic rings. The summed E-state index contributed by atoms with van der Waals surface area (Å²) in [5, 5.41) is 0.327. The molecule has 0 bridgehead atoms. The van der Waals surface area contributed by atoms with Gasteiger partial charge in [-0.15, -0.1) is 0 Å². The fraction of sp³-hybridized carbons (Fsp3) is 0.143. The number of hydrogen-bond acceptors (Lipinski definition) is 3. The molecule has 0 heterocycles. The first-order chi connectivity index (χ1) is 9.92. The van der Waals surface area contributed by atoms with Crippen molar-refractivity contribution in [3.05, 3.63) is 58.9 Å². The predicted octanol–water partition coefficient (Wildman–Crippen LogP) is 2.97. The Morgan fingerprint density at radius 2 is 2.00 bits per heavy atom. The molecule has 0 radical (unpaired) electrons. The van der Waals surface area contributed by atoms with Gasteiger partial charge in [-0.05, 0) is 35.9 Å². The van der Waals surface area contributed by atoms with Crippen LogP contribution < -0.4 is 9.46 Å². The van der Waals surface area contributed by atoms with E-state index in [9.17, 15) is 12.8 Å². The van der Waals surface area contributed by atoms with E-state index in [0.717, 1.165) is 0 Å². The zero-order chi connectivity index (χ0) is 15.5. The van der Waals surface area contributed by atoms with Gasteiger partial charge in [0.05, 0.1) is 12.0 Å². The van der Waals surface area contributed by atoms with E-state index in [4.69, 9.17) is 16.3 Å². The smallest absolute Gasteiger partial charge is 0.240 e. The molecule has 7 heteroatoms. The minimum Gasteiger partial charge on any atom is -0.494 e. The molecule has 0 fully saturated rings. The Hall–Kier alpha value is -1.63. The highest BCUT2D eigenvalue weighted by Crippen LogP contribution is 2.19. The second-order valence-electron chi connectivity index (χ2n) is 4.25. The lowest BCUT2D eigenvalue weighted by atomic mass is 10.2. The molecule has 0 aliphatic carbocycles. The Kier molecular flexibility index (Phi) is 4.82. The van der Waals surface area contributed by atoms with Gasteiger partial charge in [0.15, 0.2) is 11.6 Å². The number of rotatable bonds is 5. The van der Waals surface area contributed by atoms with Gasteiger partial charge >= 0.3 is 0 Å². The second-order valence-corrected chi connectivity index (χ2v) is 6.45. The summed E-state index contributed by atoms with van der Waals surface area (Å²) in [7, 11) is -2.34. The van der Waals surface area contributed by atoms with Crippen molar-refractivity contribution in [2.45, 2.75) is 11.4 Å². The van der Waals surface area contributed by atoms with E-state index in [2.05, 4.69) is 4.72 Å². The van der Waals surface area contributed by atoms with Crippen LogP contribution in [0.1, 0.15) is 5.56 Å². The molecule has 0 aliphatic heterocycles. The molecular formula is C14H13ClFNO3S. The third kappa shape index (κ3) is 3.93. The topological polar surface area (TPSA) is 55.4 Å². The third-order valence-corrected chi connectivity index (χ3v) is 4.42. The lowest BCUT2D eigenvalue weighted by molar-refractivity contribution is 0.386. The van der Waals surface area contributed by atoms with E-state index >= 15 is 0 Å². The van der Waals surface area contributed by atoms with Gasteiger partial charge in [-0.2, -0.15) is 0 Å². The fourth-order valence-electron chi connectivity index (χ4n) is 1.72. The number of ether oxygens (including phenoxy) is 1. The molecule has 0 aromatic heterocycles. The van der Waals surface area contributed by atoms with E-state index in [1.807, 2.05) is 0 Å². The van der Waals surface area contributed by atoms with Crippen LogP contribution in [0.3, 0.4) is 0 Å². The standard InChI is InChI=1S/C14H13ClFNO3S/c1-20-14-6-5-10(7-13(14)16)9-17-21(18,19)12-4-2-3-11(15)8-12/h2-8,17H,9H2,1H3. The second kappa shape index (κ2) is 6.43. The van der Waals surface area contributed by atoms with Crippen molar-refractivity contribution in [1.29, 1.82) is 0 Å². The Balaban J connectivity index is 2.13. The van der Waals surface area contributed by atoms with E-state index in [-0.39, 0.29) is 17.2 Å². The molecule has 2 aromatic carbocycles. The van der Waals surface area contributed by atoms with Crippen molar-refractivity contribution in [2.24, 2.45) is 0 Å². The monoisotopic (exact) mass is 329 g/mol. The molecule has 0 spiro atoms. The summed E-state index contributed by atoms with van der Waals surface area (Å²) in [6.45, 7) is -0.0320. The van der Waals surface area contributed by atoms with Crippen molar-refractivity contribution in [3.8, 4) is 5.75 Å². The SMILES string of the molecule is COc1ccc(CNS(=O)(=O)c2cccc(Cl)c2)cc1F. The maximum Gasteiger partial charge on any atom is 0.240 e. The van der Waals surface area contributed by atoms with Crippen LogP contribution in [0, 0.1) is 5.82 Å². The molecule has 0 amide bonds. The predicted molar refractivity (Wildman–Crippen MR) is 78.4 cm³/mol. The summed E-state index contributed by atoms with van der Waals surface area (Å²) in [5.74, 6) is -0.437. The largest absolute Gasteiger partial charge is 0.494 e. The molecule has 4 nitrogen and oxygen atoms in total. The minimum absolute atomic E-state index is 0.0320. The summed E-state index contributed by atoms with van der Waals surface area (Å²) in [5.41, 5.74) is 0.485. The molecule has 0 unspecified atom stereocenters. The summed E-state index contributed by atoms with van der Waals surface area (Å²) in [6, 6.07) is 10.2.